The highest BCUT2D eigenvalue weighted by molar-refractivity contribution is 7.98. The molecule has 0 amide bonds. The molecule has 0 radical (unpaired) electrons. The summed E-state index contributed by atoms with van der Waals surface area (Å²) in [4.78, 5) is 10.9. The Morgan fingerprint density at radius 3 is 2.56 bits per heavy atom. The van der Waals surface area contributed by atoms with E-state index < -0.39 is 5.60 Å². The van der Waals surface area contributed by atoms with Crippen LogP contribution in [0.4, 0.5) is 11.6 Å². The fourth-order valence-corrected chi connectivity index (χ4v) is 1.99. The van der Waals surface area contributed by atoms with Gasteiger partial charge in [0.2, 0.25) is 0 Å². The molecule has 0 saturated carbocycles. The molecule has 5 nitrogen and oxygen atoms in total. The highest BCUT2D eigenvalue weighted by Gasteiger charge is 2.19. The van der Waals surface area contributed by atoms with Crippen LogP contribution < -0.4 is 10.2 Å². The lowest BCUT2D eigenvalue weighted by molar-refractivity contribution is 0.0874. The van der Waals surface area contributed by atoms with Gasteiger partial charge in [-0.3, -0.25) is 0 Å². The minimum absolute atomic E-state index is 0.539. The number of aliphatic hydroxyl groups is 1. The van der Waals surface area contributed by atoms with Crippen molar-refractivity contribution in [1.82, 2.24) is 9.97 Å². The van der Waals surface area contributed by atoms with E-state index in [1.807, 2.05) is 31.2 Å². The molecule has 18 heavy (non-hydrogen) atoms. The topological polar surface area (TPSA) is 61.3 Å². The van der Waals surface area contributed by atoms with E-state index in [-0.39, 0.29) is 0 Å². The van der Waals surface area contributed by atoms with Crippen LogP contribution in [0.1, 0.15) is 20.8 Å². The van der Waals surface area contributed by atoms with Crippen molar-refractivity contribution in [2.45, 2.75) is 31.5 Å². The SMILES string of the molecule is CCN(CC(C)(C)O)c1cc(NC)nc(SC)n1. The third kappa shape index (κ3) is 4.34. The van der Waals surface area contributed by atoms with Gasteiger partial charge in [0.25, 0.3) is 0 Å². The van der Waals surface area contributed by atoms with E-state index in [1.165, 1.54) is 11.8 Å². The number of hydrogen-bond acceptors (Lipinski definition) is 6. The minimum Gasteiger partial charge on any atom is -0.389 e. The minimum atomic E-state index is -0.750. The van der Waals surface area contributed by atoms with Gasteiger partial charge in [0, 0.05) is 26.2 Å². The van der Waals surface area contributed by atoms with Crippen LogP contribution in [0, 0.1) is 0 Å². The number of rotatable bonds is 6. The summed E-state index contributed by atoms with van der Waals surface area (Å²) in [5.41, 5.74) is -0.750. The molecular weight excluding hydrogens is 248 g/mol. The molecule has 0 aliphatic carbocycles. The summed E-state index contributed by atoms with van der Waals surface area (Å²) in [7, 11) is 1.84. The first kappa shape index (κ1) is 15.0. The third-order valence-corrected chi connectivity index (χ3v) is 2.96. The standard InChI is InChI=1S/C12H22N4OS/c1-6-16(8-12(2,3)17)10-7-9(13-4)14-11(15-10)18-5/h7,17H,6,8H2,1-5H3,(H,13,14,15). The molecule has 0 unspecified atom stereocenters. The van der Waals surface area contributed by atoms with Crippen LogP contribution in [0.3, 0.4) is 0 Å². The van der Waals surface area contributed by atoms with E-state index in [4.69, 9.17) is 0 Å². The molecule has 102 valence electrons. The maximum Gasteiger partial charge on any atom is 0.191 e. The Kier molecular flexibility index (Phi) is 5.22. The molecule has 0 aliphatic heterocycles. The first-order chi connectivity index (χ1) is 8.39. The van der Waals surface area contributed by atoms with Gasteiger partial charge in [-0.1, -0.05) is 11.8 Å². The van der Waals surface area contributed by atoms with Crippen LogP contribution in [-0.2, 0) is 0 Å². The summed E-state index contributed by atoms with van der Waals surface area (Å²) in [6.07, 6.45) is 1.95. The molecule has 0 spiro atoms. The fourth-order valence-electron chi connectivity index (χ4n) is 1.62. The second-order valence-corrected chi connectivity index (χ2v) is 5.45. The van der Waals surface area contributed by atoms with E-state index >= 15 is 0 Å². The number of thioether (sulfide) groups is 1. The maximum absolute atomic E-state index is 9.93. The average Bonchev–Trinajstić information content (AvgIpc) is 2.34. The van der Waals surface area contributed by atoms with Gasteiger partial charge in [0.15, 0.2) is 5.16 Å². The lowest BCUT2D eigenvalue weighted by Gasteiger charge is -2.29. The van der Waals surface area contributed by atoms with Crippen molar-refractivity contribution in [3.05, 3.63) is 6.07 Å². The summed E-state index contributed by atoms with van der Waals surface area (Å²) < 4.78 is 0. The predicted molar refractivity (Wildman–Crippen MR) is 77.5 cm³/mol. The Hall–Kier alpha value is -1.01. The zero-order valence-corrected chi connectivity index (χ0v) is 12.5. The Labute approximate surface area is 113 Å². The molecule has 1 aromatic heterocycles. The van der Waals surface area contributed by atoms with Crippen LogP contribution in [0.25, 0.3) is 0 Å². The van der Waals surface area contributed by atoms with Crippen LogP contribution in [0.2, 0.25) is 0 Å². The van der Waals surface area contributed by atoms with Gasteiger partial charge in [-0.25, -0.2) is 9.97 Å². The smallest absolute Gasteiger partial charge is 0.191 e. The van der Waals surface area contributed by atoms with Crippen LogP contribution >= 0.6 is 11.8 Å². The van der Waals surface area contributed by atoms with Crippen molar-refractivity contribution >= 4 is 23.4 Å². The predicted octanol–water partition coefficient (Wildman–Crippen LogP) is 1.84. The molecule has 1 rings (SSSR count). The molecule has 6 heteroatoms. The second kappa shape index (κ2) is 6.24. The zero-order chi connectivity index (χ0) is 13.8. The van der Waals surface area contributed by atoms with E-state index in [0.29, 0.717) is 6.54 Å². The molecule has 1 aromatic rings. The van der Waals surface area contributed by atoms with Gasteiger partial charge in [-0.15, -0.1) is 0 Å². The number of anilines is 2. The molecule has 2 N–H and O–H groups in total. The normalized spacial score (nSPS) is 11.4. The Morgan fingerprint density at radius 1 is 1.44 bits per heavy atom. The Bertz CT molecular complexity index is 370. The van der Waals surface area contributed by atoms with Crippen LogP contribution in [0.15, 0.2) is 11.2 Å². The molecule has 0 aliphatic rings. The molecule has 0 bridgehead atoms. The van der Waals surface area contributed by atoms with Gasteiger partial charge >= 0.3 is 0 Å². The third-order valence-electron chi connectivity index (χ3n) is 2.41. The van der Waals surface area contributed by atoms with Gasteiger partial charge in [-0.2, -0.15) is 0 Å². The van der Waals surface area contributed by atoms with Crippen molar-refractivity contribution in [3.8, 4) is 0 Å². The van der Waals surface area contributed by atoms with E-state index in [2.05, 4.69) is 15.3 Å². The number of hydrogen-bond donors (Lipinski definition) is 2. The summed E-state index contributed by atoms with van der Waals surface area (Å²) in [6, 6.07) is 1.90. The molecule has 1 heterocycles. The number of aromatic nitrogens is 2. The summed E-state index contributed by atoms with van der Waals surface area (Å²) in [5.74, 6) is 1.63. The average molecular weight is 270 g/mol. The number of nitrogens with one attached hydrogen (secondary N) is 1. The lowest BCUT2D eigenvalue weighted by atomic mass is 10.1. The quantitative estimate of drug-likeness (QED) is 0.607. The molecule has 0 saturated heterocycles. The van der Waals surface area contributed by atoms with Crippen molar-refractivity contribution in [2.75, 3.05) is 36.6 Å². The second-order valence-electron chi connectivity index (χ2n) is 4.67. The lowest BCUT2D eigenvalue weighted by Crippen LogP contribution is -2.39. The monoisotopic (exact) mass is 270 g/mol. The fraction of sp³-hybridized carbons (Fsp3) is 0.667. The zero-order valence-electron chi connectivity index (χ0n) is 11.7. The van der Waals surface area contributed by atoms with Gasteiger partial charge in [0.1, 0.15) is 11.6 Å². The van der Waals surface area contributed by atoms with E-state index in [9.17, 15) is 5.11 Å². The first-order valence-electron chi connectivity index (χ1n) is 5.97. The summed E-state index contributed by atoms with van der Waals surface area (Å²) in [5, 5.41) is 13.7. The van der Waals surface area contributed by atoms with Gasteiger partial charge in [0.05, 0.1) is 5.60 Å². The van der Waals surface area contributed by atoms with E-state index in [1.54, 1.807) is 13.8 Å². The highest BCUT2D eigenvalue weighted by atomic mass is 32.2. The van der Waals surface area contributed by atoms with Crippen molar-refractivity contribution in [2.24, 2.45) is 0 Å². The number of likely N-dealkylation sites (N-methyl/N-ethyl adjacent to an activating group) is 1. The summed E-state index contributed by atoms with van der Waals surface area (Å²) in [6.45, 7) is 6.97. The van der Waals surface area contributed by atoms with Gasteiger partial charge in [-0.05, 0) is 27.0 Å². The molecule has 0 aromatic carbocycles. The van der Waals surface area contributed by atoms with Gasteiger partial charge < -0.3 is 15.3 Å². The van der Waals surface area contributed by atoms with Crippen LogP contribution in [0.5, 0.6) is 0 Å². The van der Waals surface area contributed by atoms with E-state index in [0.717, 1.165) is 23.3 Å². The largest absolute Gasteiger partial charge is 0.389 e. The molecule has 0 atom stereocenters. The number of nitrogens with zero attached hydrogens (tertiary/aromatic N) is 3. The summed E-state index contributed by atoms with van der Waals surface area (Å²) >= 11 is 1.51. The first-order valence-corrected chi connectivity index (χ1v) is 7.20. The Morgan fingerprint density at radius 2 is 2.11 bits per heavy atom. The Balaban J connectivity index is 3.04. The van der Waals surface area contributed by atoms with Crippen molar-refractivity contribution < 1.29 is 5.11 Å². The molecular formula is C12H22N4OS. The highest BCUT2D eigenvalue weighted by Crippen LogP contribution is 2.21. The maximum atomic E-state index is 9.93. The van der Waals surface area contributed by atoms with Crippen LogP contribution in [-0.4, -0.2) is 47.1 Å². The van der Waals surface area contributed by atoms with Crippen molar-refractivity contribution in [1.29, 1.82) is 0 Å². The molecule has 0 fully saturated rings. The van der Waals surface area contributed by atoms with Crippen molar-refractivity contribution in [3.63, 3.8) is 0 Å².